The van der Waals surface area contributed by atoms with Crippen LogP contribution in [0.15, 0.2) is 71.6 Å². The molecular weight excluding hydrogens is 421 g/mol. The highest BCUT2D eigenvalue weighted by Crippen LogP contribution is 2.47. The Balaban J connectivity index is 1.40. The first kappa shape index (κ1) is 21.4. The average Bonchev–Trinajstić information content (AvgIpc) is 3.33. The summed E-state index contributed by atoms with van der Waals surface area (Å²) in [6.07, 6.45) is 2.66. The molecule has 166 valence electrons. The van der Waals surface area contributed by atoms with Crippen molar-refractivity contribution in [3.8, 4) is 11.5 Å². The number of fused-ring (bicyclic) bond motifs is 1. The van der Waals surface area contributed by atoms with Crippen LogP contribution in [0.3, 0.4) is 0 Å². The molecule has 0 radical (unpaired) electrons. The first-order valence-corrected chi connectivity index (χ1v) is 12.3. The number of phenolic OH excluding ortho intramolecular Hbond substituents is 1. The van der Waals surface area contributed by atoms with E-state index in [0.29, 0.717) is 6.61 Å². The third-order valence-corrected chi connectivity index (χ3v) is 7.55. The van der Waals surface area contributed by atoms with Gasteiger partial charge in [0.05, 0.1) is 6.61 Å². The molecule has 0 bridgehead atoms. The molecule has 2 heterocycles. The van der Waals surface area contributed by atoms with Gasteiger partial charge in [0.2, 0.25) is 0 Å². The number of aromatic hydroxyl groups is 1. The minimum Gasteiger partial charge on any atom is -0.508 e. The Bertz CT molecular complexity index is 1050. The first-order chi connectivity index (χ1) is 15.7. The van der Waals surface area contributed by atoms with Crippen LogP contribution >= 0.6 is 11.8 Å². The van der Waals surface area contributed by atoms with Crippen molar-refractivity contribution < 1.29 is 14.2 Å². The lowest BCUT2D eigenvalue weighted by molar-refractivity contribution is 0.248. The van der Waals surface area contributed by atoms with Gasteiger partial charge in [0, 0.05) is 34.6 Å². The van der Waals surface area contributed by atoms with E-state index in [0.717, 1.165) is 29.2 Å². The lowest BCUT2D eigenvalue weighted by atomic mass is 9.76. The molecule has 1 fully saturated rings. The van der Waals surface area contributed by atoms with E-state index >= 15 is 0 Å². The minimum absolute atomic E-state index is 0.0277. The molecule has 0 spiro atoms. The van der Waals surface area contributed by atoms with Crippen LogP contribution in [-0.2, 0) is 0 Å². The maximum Gasteiger partial charge on any atom is 0.123 e. The van der Waals surface area contributed by atoms with Crippen molar-refractivity contribution in [2.24, 2.45) is 0 Å². The molecule has 2 aliphatic heterocycles. The highest BCUT2D eigenvalue weighted by molar-refractivity contribution is 7.99. The second-order valence-corrected chi connectivity index (χ2v) is 9.80. The molecule has 2 atom stereocenters. The lowest BCUT2D eigenvalue weighted by Crippen LogP contribution is -2.25. The molecule has 5 rings (SSSR count). The number of ether oxygens (including phenoxy) is 1. The zero-order valence-electron chi connectivity index (χ0n) is 18.0. The van der Waals surface area contributed by atoms with E-state index in [9.17, 15) is 9.50 Å². The first-order valence-electron chi connectivity index (χ1n) is 11.3. The molecule has 0 aliphatic carbocycles. The van der Waals surface area contributed by atoms with Gasteiger partial charge in [-0.1, -0.05) is 24.3 Å². The normalized spacial score (nSPS) is 20.7. The zero-order chi connectivity index (χ0) is 21.9. The van der Waals surface area contributed by atoms with Crippen LogP contribution in [0.5, 0.6) is 11.5 Å². The highest BCUT2D eigenvalue weighted by atomic mass is 32.2. The molecule has 1 N–H and O–H groups in total. The standard InChI is InChI=1S/C27H28FNO2S/c28-21-7-3-19(4-8-21)25-18-31-26-12-9-22(30)17-24(26)27(25)20-5-10-23(11-6-20)32-16-15-29-13-1-2-14-29/h3-12,17,25,27,30H,1-2,13-16,18H2. The number of benzene rings is 3. The summed E-state index contributed by atoms with van der Waals surface area (Å²) < 4.78 is 19.6. The van der Waals surface area contributed by atoms with Crippen LogP contribution < -0.4 is 4.74 Å². The van der Waals surface area contributed by atoms with Crippen LogP contribution in [0, 0.1) is 5.82 Å². The number of hydrogen-bond donors (Lipinski definition) is 1. The van der Waals surface area contributed by atoms with Gasteiger partial charge in [-0.15, -0.1) is 11.8 Å². The van der Waals surface area contributed by atoms with Crippen molar-refractivity contribution in [1.82, 2.24) is 4.90 Å². The van der Waals surface area contributed by atoms with Crippen molar-refractivity contribution in [3.63, 3.8) is 0 Å². The quantitative estimate of drug-likeness (QED) is 0.466. The molecule has 5 heteroatoms. The summed E-state index contributed by atoms with van der Waals surface area (Å²) in [5, 5.41) is 10.2. The topological polar surface area (TPSA) is 32.7 Å². The third kappa shape index (κ3) is 4.64. The fourth-order valence-electron chi connectivity index (χ4n) is 4.88. The predicted octanol–water partition coefficient (Wildman–Crippen LogP) is 6.03. The van der Waals surface area contributed by atoms with Crippen LogP contribution in [-0.4, -0.2) is 42.0 Å². The summed E-state index contributed by atoms with van der Waals surface area (Å²) >= 11 is 1.90. The fraction of sp³-hybridized carbons (Fsp3) is 0.333. The van der Waals surface area contributed by atoms with Gasteiger partial charge >= 0.3 is 0 Å². The molecule has 3 aromatic rings. The van der Waals surface area contributed by atoms with E-state index in [1.54, 1.807) is 12.1 Å². The van der Waals surface area contributed by atoms with Gasteiger partial charge in [-0.3, -0.25) is 0 Å². The van der Waals surface area contributed by atoms with Gasteiger partial charge in [0.15, 0.2) is 0 Å². The maximum absolute atomic E-state index is 13.5. The van der Waals surface area contributed by atoms with E-state index < -0.39 is 0 Å². The van der Waals surface area contributed by atoms with Crippen LogP contribution in [0.2, 0.25) is 0 Å². The maximum atomic E-state index is 13.5. The SMILES string of the molecule is Oc1ccc2c(c1)C(c1ccc(SCCN3CCCC3)cc1)C(c1ccc(F)cc1)CO2. The molecule has 1 saturated heterocycles. The monoisotopic (exact) mass is 449 g/mol. The molecular formula is C27H28FNO2S. The number of phenols is 1. The van der Waals surface area contributed by atoms with Crippen molar-refractivity contribution in [2.45, 2.75) is 29.6 Å². The Kier molecular flexibility index (Phi) is 6.37. The van der Waals surface area contributed by atoms with Gasteiger partial charge in [-0.25, -0.2) is 4.39 Å². The molecule has 2 unspecified atom stereocenters. The molecule has 0 saturated carbocycles. The minimum atomic E-state index is -0.240. The van der Waals surface area contributed by atoms with Crippen LogP contribution in [0.25, 0.3) is 0 Å². The number of nitrogens with zero attached hydrogens (tertiary/aromatic N) is 1. The Morgan fingerprint density at radius 1 is 0.938 bits per heavy atom. The molecule has 2 aliphatic rings. The molecule has 0 aromatic heterocycles. The predicted molar refractivity (Wildman–Crippen MR) is 127 cm³/mol. The Hall–Kier alpha value is -2.50. The summed E-state index contributed by atoms with van der Waals surface area (Å²) in [6.45, 7) is 4.13. The average molecular weight is 450 g/mol. The van der Waals surface area contributed by atoms with Crippen molar-refractivity contribution in [3.05, 3.63) is 89.2 Å². The van der Waals surface area contributed by atoms with Gasteiger partial charge in [-0.05, 0) is 79.5 Å². The number of rotatable bonds is 6. The smallest absolute Gasteiger partial charge is 0.123 e. The number of thioether (sulfide) groups is 1. The van der Waals surface area contributed by atoms with E-state index in [2.05, 4.69) is 29.2 Å². The summed E-state index contributed by atoms with van der Waals surface area (Å²) in [7, 11) is 0. The Labute approximate surface area is 193 Å². The molecule has 0 amide bonds. The number of halogens is 1. The highest BCUT2D eigenvalue weighted by Gasteiger charge is 2.33. The van der Waals surface area contributed by atoms with Gasteiger partial charge in [0.25, 0.3) is 0 Å². The molecule has 3 nitrogen and oxygen atoms in total. The number of hydrogen-bond acceptors (Lipinski definition) is 4. The summed E-state index contributed by atoms with van der Waals surface area (Å²) in [5.74, 6) is 1.96. The van der Waals surface area contributed by atoms with Crippen molar-refractivity contribution in [1.29, 1.82) is 0 Å². The van der Waals surface area contributed by atoms with E-state index in [4.69, 9.17) is 4.74 Å². The summed E-state index contributed by atoms with van der Waals surface area (Å²) in [4.78, 5) is 3.81. The van der Waals surface area contributed by atoms with Gasteiger partial charge in [-0.2, -0.15) is 0 Å². The third-order valence-electron chi connectivity index (χ3n) is 6.56. The van der Waals surface area contributed by atoms with E-state index in [-0.39, 0.29) is 23.4 Å². The lowest BCUT2D eigenvalue weighted by Gasteiger charge is -2.34. The fourth-order valence-corrected chi connectivity index (χ4v) is 5.80. The van der Waals surface area contributed by atoms with Crippen LogP contribution in [0.1, 0.15) is 41.4 Å². The Morgan fingerprint density at radius 3 is 2.41 bits per heavy atom. The number of likely N-dealkylation sites (tertiary alicyclic amines) is 1. The van der Waals surface area contributed by atoms with Crippen molar-refractivity contribution >= 4 is 11.8 Å². The second-order valence-electron chi connectivity index (χ2n) is 8.64. The van der Waals surface area contributed by atoms with Gasteiger partial charge < -0.3 is 14.7 Å². The summed E-state index contributed by atoms with van der Waals surface area (Å²) in [6, 6.07) is 20.8. The summed E-state index contributed by atoms with van der Waals surface area (Å²) in [5.41, 5.74) is 3.19. The second kappa shape index (κ2) is 9.55. The van der Waals surface area contributed by atoms with E-state index in [1.165, 1.54) is 48.5 Å². The Morgan fingerprint density at radius 2 is 1.66 bits per heavy atom. The van der Waals surface area contributed by atoms with E-state index in [1.807, 2.05) is 30.0 Å². The van der Waals surface area contributed by atoms with Crippen LogP contribution in [0.4, 0.5) is 4.39 Å². The van der Waals surface area contributed by atoms with Gasteiger partial charge in [0.1, 0.15) is 17.3 Å². The molecule has 3 aromatic carbocycles. The largest absolute Gasteiger partial charge is 0.508 e. The molecule has 32 heavy (non-hydrogen) atoms. The van der Waals surface area contributed by atoms with Crippen molar-refractivity contribution in [2.75, 3.05) is 32.0 Å². The zero-order valence-corrected chi connectivity index (χ0v) is 18.9.